The average molecular weight is 212 g/mol. The highest BCUT2D eigenvalue weighted by atomic mass is 16.3. The number of amides is 1. The number of nitrogens with zero attached hydrogens (tertiary/aromatic N) is 2. The van der Waals surface area contributed by atoms with Gasteiger partial charge in [-0.05, 0) is 23.4 Å². The van der Waals surface area contributed by atoms with Crippen molar-refractivity contribution >= 4 is 28.1 Å². The Labute approximate surface area is 91.5 Å². The molecule has 3 rings (SSSR count). The summed E-state index contributed by atoms with van der Waals surface area (Å²) in [6.45, 7) is 0. The number of hydrogen-bond donors (Lipinski definition) is 0. The van der Waals surface area contributed by atoms with E-state index in [9.17, 15) is 9.70 Å². The summed E-state index contributed by atoms with van der Waals surface area (Å²) in [7, 11) is 1.73. The number of nitroso groups, excluding NO2 is 1. The molecule has 4 heteroatoms. The van der Waals surface area contributed by atoms with Crippen molar-refractivity contribution in [2.45, 2.75) is 0 Å². The van der Waals surface area contributed by atoms with Crippen LogP contribution in [0.5, 0.6) is 0 Å². The number of benzene rings is 2. The Hall–Kier alpha value is -2.23. The summed E-state index contributed by atoms with van der Waals surface area (Å²) in [5.74, 6) is -0.0383. The Morgan fingerprint density at radius 2 is 2.00 bits per heavy atom. The van der Waals surface area contributed by atoms with Gasteiger partial charge >= 0.3 is 0 Å². The van der Waals surface area contributed by atoms with Crippen LogP contribution in [0.2, 0.25) is 0 Å². The van der Waals surface area contributed by atoms with Gasteiger partial charge in [0, 0.05) is 23.4 Å². The molecule has 2 aromatic rings. The Morgan fingerprint density at radius 3 is 2.75 bits per heavy atom. The Kier molecular flexibility index (Phi) is 1.63. The first-order chi connectivity index (χ1) is 7.74. The molecule has 4 nitrogen and oxygen atoms in total. The van der Waals surface area contributed by atoms with Crippen molar-refractivity contribution in [2.24, 2.45) is 5.18 Å². The third-order valence-electron chi connectivity index (χ3n) is 2.99. The molecule has 1 heterocycles. The number of rotatable bonds is 1. The molecule has 2 aromatic carbocycles. The fourth-order valence-electron chi connectivity index (χ4n) is 2.20. The molecule has 0 unspecified atom stereocenters. The van der Waals surface area contributed by atoms with Crippen molar-refractivity contribution in [1.82, 2.24) is 0 Å². The van der Waals surface area contributed by atoms with Crippen molar-refractivity contribution in [3.05, 3.63) is 40.8 Å². The van der Waals surface area contributed by atoms with Crippen LogP contribution < -0.4 is 4.90 Å². The molecule has 0 atom stereocenters. The molecule has 0 bridgehead atoms. The fourth-order valence-corrected chi connectivity index (χ4v) is 2.20. The normalized spacial score (nSPS) is 13.6. The van der Waals surface area contributed by atoms with Crippen LogP contribution in [0.3, 0.4) is 0 Å². The summed E-state index contributed by atoms with van der Waals surface area (Å²) in [4.78, 5) is 24.2. The quantitative estimate of drug-likeness (QED) is 0.682. The maximum atomic E-state index is 11.9. The standard InChI is InChI=1S/C12H8N2O2/c1-14-10-6-5-9(13-16)7-3-2-4-8(11(7)10)12(14)15/h2-6H,1H3. The number of hydrogen-bond acceptors (Lipinski definition) is 3. The molecule has 0 saturated heterocycles. The topological polar surface area (TPSA) is 49.7 Å². The van der Waals surface area contributed by atoms with Crippen LogP contribution in [0.25, 0.3) is 10.8 Å². The first-order valence-electron chi connectivity index (χ1n) is 4.91. The van der Waals surface area contributed by atoms with E-state index in [0.29, 0.717) is 11.3 Å². The van der Waals surface area contributed by atoms with Gasteiger partial charge in [0.25, 0.3) is 5.91 Å². The molecule has 78 valence electrons. The summed E-state index contributed by atoms with van der Waals surface area (Å²) in [5.41, 5.74) is 1.85. The van der Waals surface area contributed by atoms with Gasteiger partial charge < -0.3 is 4.90 Å². The summed E-state index contributed by atoms with van der Waals surface area (Å²) in [6, 6.07) is 8.75. The summed E-state index contributed by atoms with van der Waals surface area (Å²) >= 11 is 0. The smallest absolute Gasteiger partial charge is 0.258 e. The monoisotopic (exact) mass is 212 g/mol. The SMILES string of the molecule is CN1C(=O)c2cccc3c(N=O)ccc1c23. The predicted molar refractivity (Wildman–Crippen MR) is 62.1 cm³/mol. The number of carbonyl (C=O) groups is 1. The molecule has 0 fully saturated rings. The van der Waals surface area contributed by atoms with Crippen LogP contribution in [0.15, 0.2) is 35.5 Å². The molecule has 1 amide bonds. The lowest BCUT2D eigenvalue weighted by molar-refractivity contribution is 0.0999. The van der Waals surface area contributed by atoms with Gasteiger partial charge in [-0.2, -0.15) is 0 Å². The Bertz CT molecular complexity index is 634. The molecule has 0 radical (unpaired) electrons. The molecule has 0 aliphatic carbocycles. The van der Waals surface area contributed by atoms with E-state index in [1.807, 2.05) is 6.07 Å². The maximum Gasteiger partial charge on any atom is 0.258 e. The van der Waals surface area contributed by atoms with E-state index in [-0.39, 0.29) is 5.91 Å². The molecule has 16 heavy (non-hydrogen) atoms. The van der Waals surface area contributed by atoms with Gasteiger partial charge in [-0.25, -0.2) is 0 Å². The van der Waals surface area contributed by atoms with Crippen LogP contribution in [0, 0.1) is 4.91 Å². The fraction of sp³-hybridized carbons (Fsp3) is 0.0833. The summed E-state index contributed by atoms with van der Waals surface area (Å²) in [6.07, 6.45) is 0. The summed E-state index contributed by atoms with van der Waals surface area (Å²) in [5, 5.41) is 4.54. The highest BCUT2D eigenvalue weighted by Gasteiger charge is 2.27. The van der Waals surface area contributed by atoms with Crippen LogP contribution >= 0.6 is 0 Å². The molecule has 0 saturated carbocycles. The van der Waals surface area contributed by atoms with Crippen molar-refractivity contribution in [2.75, 3.05) is 11.9 Å². The lowest BCUT2D eigenvalue weighted by atomic mass is 10.0. The zero-order valence-electron chi connectivity index (χ0n) is 8.60. The van der Waals surface area contributed by atoms with Crippen molar-refractivity contribution < 1.29 is 4.79 Å². The number of carbonyl (C=O) groups excluding carboxylic acids is 1. The van der Waals surface area contributed by atoms with Crippen LogP contribution in [-0.4, -0.2) is 13.0 Å². The highest BCUT2D eigenvalue weighted by molar-refractivity contribution is 6.26. The predicted octanol–water partition coefficient (Wildman–Crippen LogP) is 2.83. The van der Waals surface area contributed by atoms with Gasteiger partial charge in [0.15, 0.2) is 0 Å². The van der Waals surface area contributed by atoms with E-state index >= 15 is 0 Å². The molecule has 1 aliphatic rings. The van der Waals surface area contributed by atoms with E-state index in [1.165, 1.54) is 0 Å². The largest absolute Gasteiger partial charge is 0.311 e. The third kappa shape index (κ3) is 0.908. The molecular weight excluding hydrogens is 204 g/mol. The first-order valence-corrected chi connectivity index (χ1v) is 4.91. The van der Waals surface area contributed by atoms with Crippen molar-refractivity contribution in [1.29, 1.82) is 0 Å². The number of anilines is 1. The lowest BCUT2D eigenvalue weighted by Gasteiger charge is -2.09. The second-order valence-electron chi connectivity index (χ2n) is 3.79. The summed E-state index contributed by atoms with van der Waals surface area (Å²) < 4.78 is 0. The van der Waals surface area contributed by atoms with Crippen LogP contribution in [-0.2, 0) is 0 Å². The second kappa shape index (κ2) is 2.88. The van der Waals surface area contributed by atoms with E-state index in [0.717, 1.165) is 16.5 Å². The third-order valence-corrected chi connectivity index (χ3v) is 2.99. The minimum atomic E-state index is -0.0383. The minimum Gasteiger partial charge on any atom is -0.311 e. The molecular formula is C12H8N2O2. The zero-order valence-corrected chi connectivity index (χ0v) is 8.60. The lowest BCUT2D eigenvalue weighted by Crippen LogP contribution is -2.20. The van der Waals surface area contributed by atoms with Gasteiger partial charge in [-0.3, -0.25) is 4.79 Å². The first kappa shape index (κ1) is 9.03. The molecule has 0 aromatic heterocycles. The van der Waals surface area contributed by atoms with E-state index in [1.54, 1.807) is 36.2 Å². The Balaban J connectivity index is 2.54. The van der Waals surface area contributed by atoms with Crippen LogP contribution in [0.1, 0.15) is 10.4 Å². The van der Waals surface area contributed by atoms with Gasteiger partial charge in [-0.1, -0.05) is 12.1 Å². The van der Waals surface area contributed by atoms with Gasteiger partial charge in [0.1, 0.15) is 5.69 Å². The maximum absolute atomic E-state index is 11.9. The Morgan fingerprint density at radius 1 is 1.19 bits per heavy atom. The van der Waals surface area contributed by atoms with Gasteiger partial charge in [0.2, 0.25) is 0 Å². The molecule has 0 spiro atoms. The van der Waals surface area contributed by atoms with Crippen molar-refractivity contribution in [3.63, 3.8) is 0 Å². The van der Waals surface area contributed by atoms with Gasteiger partial charge in [0.05, 0.1) is 5.69 Å². The van der Waals surface area contributed by atoms with E-state index in [2.05, 4.69) is 5.18 Å². The molecule has 0 N–H and O–H groups in total. The second-order valence-corrected chi connectivity index (χ2v) is 3.79. The van der Waals surface area contributed by atoms with Crippen molar-refractivity contribution in [3.8, 4) is 0 Å². The average Bonchev–Trinajstić information content (AvgIpc) is 2.57. The highest BCUT2D eigenvalue weighted by Crippen LogP contribution is 2.40. The zero-order chi connectivity index (χ0) is 11.3. The van der Waals surface area contributed by atoms with E-state index < -0.39 is 0 Å². The van der Waals surface area contributed by atoms with Gasteiger partial charge in [-0.15, -0.1) is 4.91 Å². The van der Waals surface area contributed by atoms with E-state index in [4.69, 9.17) is 0 Å². The van der Waals surface area contributed by atoms with Crippen LogP contribution in [0.4, 0.5) is 11.4 Å². The minimum absolute atomic E-state index is 0.0383. The molecule has 1 aliphatic heterocycles.